The van der Waals surface area contributed by atoms with Gasteiger partial charge in [-0.05, 0) is 31.0 Å². The lowest BCUT2D eigenvalue weighted by Crippen LogP contribution is -2.17. The van der Waals surface area contributed by atoms with Crippen LogP contribution in [0, 0.1) is 0 Å². The molecule has 0 fully saturated rings. The van der Waals surface area contributed by atoms with Crippen molar-refractivity contribution in [2.75, 3.05) is 0 Å². The fourth-order valence-corrected chi connectivity index (χ4v) is 1.73. The number of rotatable bonds is 6. The standard InChI is InChI=1S/C14H19N3O2/c1-3-13-16-17-14(19-13)9-18-12-6-4-11(5-7-12)8-10(2)15/h4-7,10H,3,8-9,15H2,1-2H3. The molecule has 0 radical (unpaired) electrons. The van der Waals surface area contributed by atoms with Crippen LogP contribution in [0.1, 0.15) is 31.2 Å². The maximum Gasteiger partial charge on any atom is 0.253 e. The summed E-state index contributed by atoms with van der Waals surface area (Å²) in [5, 5.41) is 7.78. The van der Waals surface area contributed by atoms with Crippen molar-refractivity contribution >= 4 is 0 Å². The third-order valence-electron chi connectivity index (χ3n) is 2.65. The Morgan fingerprint density at radius 2 is 1.89 bits per heavy atom. The van der Waals surface area contributed by atoms with E-state index in [1.54, 1.807) is 0 Å². The molecule has 0 amide bonds. The van der Waals surface area contributed by atoms with E-state index in [1.165, 1.54) is 5.56 Å². The lowest BCUT2D eigenvalue weighted by molar-refractivity contribution is 0.259. The van der Waals surface area contributed by atoms with Gasteiger partial charge in [0.25, 0.3) is 5.89 Å². The van der Waals surface area contributed by atoms with Crippen molar-refractivity contribution < 1.29 is 9.15 Å². The van der Waals surface area contributed by atoms with Crippen molar-refractivity contribution in [1.29, 1.82) is 0 Å². The summed E-state index contributed by atoms with van der Waals surface area (Å²) >= 11 is 0. The monoisotopic (exact) mass is 261 g/mol. The molecule has 0 aliphatic carbocycles. The molecule has 0 bridgehead atoms. The summed E-state index contributed by atoms with van der Waals surface area (Å²) < 4.78 is 10.9. The lowest BCUT2D eigenvalue weighted by atomic mass is 10.1. The van der Waals surface area contributed by atoms with E-state index in [9.17, 15) is 0 Å². The molecule has 102 valence electrons. The van der Waals surface area contributed by atoms with Crippen molar-refractivity contribution in [2.24, 2.45) is 5.73 Å². The molecule has 19 heavy (non-hydrogen) atoms. The molecular weight excluding hydrogens is 242 g/mol. The molecule has 0 aliphatic rings. The summed E-state index contributed by atoms with van der Waals surface area (Å²) in [6.07, 6.45) is 1.60. The third kappa shape index (κ3) is 4.06. The van der Waals surface area contributed by atoms with Crippen LogP contribution in [0.25, 0.3) is 0 Å². The highest BCUT2D eigenvalue weighted by Crippen LogP contribution is 2.14. The fraction of sp³-hybridized carbons (Fsp3) is 0.429. The first-order valence-corrected chi connectivity index (χ1v) is 6.46. The first-order chi connectivity index (χ1) is 9.17. The van der Waals surface area contributed by atoms with Crippen LogP contribution in [-0.4, -0.2) is 16.2 Å². The van der Waals surface area contributed by atoms with Crippen LogP contribution in [0.3, 0.4) is 0 Å². The number of aryl methyl sites for hydroxylation is 1. The molecule has 0 spiro atoms. The number of hydrogen-bond donors (Lipinski definition) is 1. The van der Waals surface area contributed by atoms with Gasteiger partial charge < -0.3 is 14.9 Å². The van der Waals surface area contributed by atoms with Gasteiger partial charge >= 0.3 is 0 Å². The highest BCUT2D eigenvalue weighted by atomic mass is 16.5. The summed E-state index contributed by atoms with van der Waals surface area (Å²) in [7, 11) is 0. The van der Waals surface area contributed by atoms with Gasteiger partial charge in [0.05, 0.1) is 0 Å². The van der Waals surface area contributed by atoms with Gasteiger partial charge in [-0.3, -0.25) is 0 Å². The summed E-state index contributed by atoms with van der Waals surface area (Å²) in [6, 6.07) is 8.05. The van der Waals surface area contributed by atoms with Crippen molar-refractivity contribution in [1.82, 2.24) is 10.2 Å². The van der Waals surface area contributed by atoms with Gasteiger partial charge in [0.1, 0.15) is 5.75 Å². The van der Waals surface area contributed by atoms with Crippen LogP contribution in [0.5, 0.6) is 5.75 Å². The van der Waals surface area contributed by atoms with Gasteiger partial charge in [-0.25, -0.2) is 0 Å². The van der Waals surface area contributed by atoms with Gasteiger partial charge in [0, 0.05) is 12.5 Å². The molecule has 1 heterocycles. The van der Waals surface area contributed by atoms with Crippen LogP contribution in [0.2, 0.25) is 0 Å². The number of benzene rings is 1. The Bertz CT molecular complexity index is 506. The zero-order chi connectivity index (χ0) is 13.7. The van der Waals surface area contributed by atoms with Crippen molar-refractivity contribution in [2.45, 2.75) is 39.3 Å². The second-order valence-electron chi connectivity index (χ2n) is 4.56. The first kappa shape index (κ1) is 13.5. The molecule has 2 aromatic rings. The van der Waals surface area contributed by atoms with E-state index in [-0.39, 0.29) is 6.04 Å². The molecule has 1 aromatic carbocycles. The number of ether oxygens (including phenoxy) is 1. The van der Waals surface area contributed by atoms with E-state index < -0.39 is 0 Å². The molecule has 5 nitrogen and oxygen atoms in total. The van der Waals surface area contributed by atoms with E-state index in [4.69, 9.17) is 14.9 Å². The van der Waals surface area contributed by atoms with Crippen LogP contribution in [0.4, 0.5) is 0 Å². The second-order valence-corrected chi connectivity index (χ2v) is 4.56. The van der Waals surface area contributed by atoms with Crippen LogP contribution in [-0.2, 0) is 19.4 Å². The van der Waals surface area contributed by atoms with Gasteiger partial charge in [-0.2, -0.15) is 0 Å². The predicted molar refractivity (Wildman–Crippen MR) is 71.8 cm³/mol. The van der Waals surface area contributed by atoms with Crippen LogP contribution in [0.15, 0.2) is 28.7 Å². The van der Waals surface area contributed by atoms with Crippen LogP contribution >= 0.6 is 0 Å². The van der Waals surface area contributed by atoms with Gasteiger partial charge in [0.15, 0.2) is 6.61 Å². The second kappa shape index (κ2) is 6.33. The average Bonchev–Trinajstić information content (AvgIpc) is 2.85. The zero-order valence-electron chi connectivity index (χ0n) is 11.3. The van der Waals surface area contributed by atoms with E-state index >= 15 is 0 Å². The molecule has 0 aliphatic heterocycles. The number of nitrogens with zero attached hydrogens (tertiary/aromatic N) is 2. The molecule has 0 saturated heterocycles. The van der Waals surface area contributed by atoms with Crippen molar-refractivity contribution in [3.63, 3.8) is 0 Å². The maximum absolute atomic E-state index is 5.75. The Hall–Kier alpha value is -1.88. The van der Waals surface area contributed by atoms with Crippen molar-refractivity contribution in [3.05, 3.63) is 41.6 Å². The minimum absolute atomic E-state index is 0.164. The number of aromatic nitrogens is 2. The largest absolute Gasteiger partial charge is 0.484 e. The lowest BCUT2D eigenvalue weighted by Gasteiger charge is -2.07. The summed E-state index contributed by atoms with van der Waals surface area (Å²) in [5.41, 5.74) is 6.96. The Labute approximate surface area is 112 Å². The molecule has 2 N–H and O–H groups in total. The summed E-state index contributed by atoms with van der Waals surface area (Å²) in [6.45, 7) is 4.25. The highest BCUT2D eigenvalue weighted by molar-refractivity contribution is 5.27. The normalized spacial score (nSPS) is 12.4. The summed E-state index contributed by atoms with van der Waals surface area (Å²) in [5.74, 6) is 1.91. The Morgan fingerprint density at radius 3 is 2.47 bits per heavy atom. The number of hydrogen-bond acceptors (Lipinski definition) is 5. The van der Waals surface area contributed by atoms with E-state index in [0.29, 0.717) is 18.4 Å². The molecule has 1 atom stereocenters. The molecule has 1 unspecified atom stereocenters. The smallest absolute Gasteiger partial charge is 0.253 e. The number of nitrogens with two attached hydrogens (primary N) is 1. The molecule has 0 saturated carbocycles. The van der Waals surface area contributed by atoms with Crippen molar-refractivity contribution in [3.8, 4) is 5.75 Å². The highest BCUT2D eigenvalue weighted by Gasteiger charge is 2.05. The van der Waals surface area contributed by atoms with Crippen LogP contribution < -0.4 is 10.5 Å². The third-order valence-corrected chi connectivity index (χ3v) is 2.65. The Balaban J connectivity index is 1.89. The molecule has 2 rings (SSSR count). The minimum Gasteiger partial charge on any atom is -0.484 e. The van der Waals surface area contributed by atoms with E-state index in [0.717, 1.165) is 18.6 Å². The van der Waals surface area contributed by atoms with Gasteiger partial charge in [0.2, 0.25) is 5.89 Å². The summed E-state index contributed by atoms with van der Waals surface area (Å²) in [4.78, 5) is 0. The molecule has 1 aromatic heterocycles. The zero-order valence-corrected chi connectivity index (χ0v) is 11.3. The average molecular weight is 261 g/mol. The van der Waals surface area contributed by atoms with E-state index in [1.807, 2.05) is 38.1 Å². The van der Waals surface area contributed by atoms with E-state index in [2.05, 4.69) is 10.2 Å². The molecule has 5 heteroatoms. The molecular formula is C14H19N3O2. The van der Waals surface area contributed by atoms with Gasteiger partial charge in [-0.15, -0.1) is 10.2 Å². The minimum atomic E-state index is 0.164. The first-order valence-electron chi connectivity index (χ1n) is 6.46. The topological polar surface area (TPSA) is 74.2 Å². The maximum atomic E-state index is 5.75. The predicted octanol–water partition coefficient (Wildman–Crippen LogP) is 2.10. The quantitative estimate of drug-likeness (QED) is 0.862. The Kier molecular flexibility index (Phi) is 4.52. The van der Waals surface area contributed by atoms with Gasteiger partial charge in [-0.1, -0.05) is 19.1 Å². The fourth-order valence-electron chi connectivity index (χ4n) is 1.73. The SMILES string of the molecule is CCc1nnc(COc2ccc(CC(C)N)cc2)o1. The Morgan fingerprint density at radius 1 is 1.21 bits per heavy atom.